The molecule has 0 saturated carbocycles. The van der Waals surface area contributed by atoms with E-state index < -0.39 is 5.97 Å². The van der Waals surface area contributed by atoms with Gasteiger partial charge in [-0.1, -0.05) is 26.2 Å². The third kappa shape index (κ3) is 6.16. The van der Waals surface area contributed by atoms with Gasteiger partial charge in [-0.2, -0.15) is 0 Å². The molecule has 0 bridgehead atoms. The van der Waals surface area contributed by atoms with Gasteiger partial charge in [0.15, 0.2) is 0 Å². The van der Waals surface area contributed by atoms with Crippen LogP contribution in [0.3, 0.4) is 0 Å². The van der Waals surface area contributed by atoms with Crippen molar-refractivity contribution >= 4 is 5.97 Å². The van der Waals surface area contributed by atoms with E-state index in [0.29, 0.717) is 0 Å². The Hall–Kier alpha value is -0.570. The molecular formula is C9H18O3. The Bertz CT molecular complexity index is 123. The molecule has 0 aliphatic carbocycles. The van der Waals surface area contributed by atoms with Crippen molar-refractivity contribution in [1.82, 2.24) is 0 Å². The first-order valence-corrected chi connectivity index (χ1v) is 4.52. The average Bonchev–Trinajstić information content (AvgIpc) is 2.03. The first-order chi connectivity index (χ1) is 5.68. The molecule has 0 spiro atoms. The number of carboxylic acid groups (broad SMARTS) is 1. The molecule has 0 radical (unpaired) electrons. The van der Waals surface area contributed by atoms with Gasteiger partial charge in [0, 0.05) is 6.61 Å². The standard InChI is InChI=1S/C9H18O3/c1-8(9(11)12)6-4-2-3-5-7-10/h8,10H,2-7H2,1H3,(H,11,12). The normalized spacial score (nSPS) is 12.8. The van der Waals surface area contributed by atoms with Gasteiger partial charge < -0.3 is 10.2 Å². The van der Waals surface area contributed by atoms with Crippen molar-refractivity contribution in [2.24, 2.45) is 5.92 Å². The Balaban J connectivity index is 3.14. The van der Waals surface area contributed by atoms with E-state index in [1.165, 1.54) is 0 Å². The van der Waals surface area contributed by atoms with Crippen molar-refractivity contribution in [3.05, 3.63) is 0 Å². The summed E-state index contributed by atoms with van der Waals surface area (Å²) in [5, 5.41) is 17.0. The third-order valence-corrected chi connectivity index (χ3v) is 1.97. The predicted octanol–water partition coefficient (Wildman–Crippen LogP) is 1.65. The van der Waals surface area contributed by atoms with Crippen LogP contribution in [0.15, 0.2) is 0 Å². The molecule has 0 fully saturated rings. The summed E-state index contributed by atoms with van der Waals surface area (Å²) in [6.07, 6.45) is 4.57. The molecular weight excluding hydrogens is 156 g/mol. The lowest BCUT2D eigenvalue weighted by atomic mass is 10.0. The lowest BCUT2D eigenvalue weighted by molar-refractivity contribution is -0.141. The summed E-state index contributed by atoms with van der Waals surface area (Å²) in [5.41, 5.74) is 0. The lowest BCUT2D eigenvalue weighted by Crippen LogP contribution is -2.08. The monoisotopic (exact) mass is 174 g/mol. The quantitative estimate of drug-likeness (QED) is 0.577. The predicted molar refractivity (Wildman–Crippen MR) is 47.0 cm³/mol. The Morgan fingerprint density at radius 3 is 2.33 bits per heavy atom. The van der Waals surface area contributed by atoms with Crippen LogP contribution >= 0.6 is 0 Å². The van der Waals surface area contributed by atoms with Crippen LogP contribution in [0.2, 0.25) is 0 Å². The van der Waals surface area contributed by atoms with E-state index in [4.69, 9.17) is 10.2 Å². The number of hydrogen-bond acceptors (Lipinski definition) is 2. The van der Waals surface area contributed by atoms with Crippen molar-refractivity contribution in [2.75, 3.05) is 6.61 Å². The van der Waals surface area contributed by atoms with Crippen LogP contribution in [-0.2, 0) is 4.79 Å². The van der Waals surface area contributed by atoms with Gasteiger partial charge in [-0.15, -0.1) is 0 Å². The fourth-order valence-electron chi connectivity index (χ4n) is 1.04. The van der Waals surface area contributed by atoms with Crippen molar-refractivity contribution in [1.29, 1.82) is 0 Å². The second kappa shape index (κ2) is 7.10. The highest BCUT2D eigenvalue weighted by atomic mass is 16.4. The van der Waals surface area contributed by atoms with Crippen LogP contribution in [0.5, 0.6) is 0 Å². The molecule has 2 N–H and O–H groups in total. The molecule has 0 aromatic heterocycles. The van der Waals surface area contributed by atoms with Crippen LogP contribution in [0.4, 0.5) is 0 Å². The van der Waals surface area contributed by atoms with Gasteiger partial charge in [0.1, 0.15) is 0 Å². The van der Waals surface area contributed by atoms with Gasteiger partial charge in [-0.05, 0) is 12.8 Å². The minimum absolute atomic E-state index is 0.223. The van der Waals surface area contributed by atoms with E-state index in [2.05, 4.69) is 0 Å². The molecule has 0 aromatic rings. The Morgan fingerprint density at radius 1 is 1.25 bits per heavy atom. The first kappa shape index (κ1) is 11.4. The van der Waals surface area contributed by atoms with E-state index in [0.717, 1.165) is 32.1 Å². The Labute approximate surface area is 73.4 Å². The fraction of sp³-hybridized carbons (Fsp3) is 0.889. The highest BCUT2D eigenvalue weighted by Crippen LogP contribution is 2.10. The minimum atomic E-state index is -0.711. The molecule has 1 unspecified atom stereocenters. The molecule has 3 heteroatoms. The van der Waals surface area contributed by atoms with Crippen LogP contribution in [-0.4, -0.2) is 22.8 Å². The number of aliphatic hydroxyl groups excluding tert-OH is 1. The van der Waals surface area contributed by atoms with E-state index in [1.54, 1.807) is 6.92 Å². The van der Waals surface area contributed by atoms with Crippen molar-refractivity contribution in [3.63, 3.8) is 0 Å². The van der Waals surface area contributed by atoms with Crippen molar-refractivity contribution in [2.45, 2.75) is 39.0 Å². The zero-order valence-corrected chi connectivity index (χ0v) is 7.62. The van der Waals surface area contributed by atoms with Gasteiger partial charge in [-0.3, -0.25) is 4.79 Å². The van der Waals surface area contributed by atoms with Crippen LogP contribution in [0.1, 0.15) is 39.0 Å². The summed E-state index contributed by atoms with van der Waals surface area (Å²) in [7, 11) is 0. The second-order valence-electron chi connectivity index (χ2n) is 3.17. The van der Waals surface area contributed by atoms with Gasteiger partial charge in [0.25, 0.3) is 0 Å². The molecule has 72 valence electrons. The number of carboxylic acids is 1. The summed E-state index contributed by atoms with van der Waals surface area (Å²) in [5.74, 6) is -0.934. The molecule has 12 heavy (non-hydrogen) atoms. The summed E-state index contributed by atoms with van der Waals surface area (Å²) in [6.45, 7) is 1.98. The topological polar surface area (TPSA) is 57.5 Å². The van der Waals surface area contributed by atoms with Gasteiger partial charge in [0.2, 0.25) is 0 Å². The fourth-order valence-corrected chi connectivity index (χ4v) is 1.04. The maximum atomic E-state index is 10.4. The molecule has 0 heterocycles. The molecule has 0 aromatic carbocycles. The zero-order chi connectivity index (χ0) is 9.40. The molecule has 0 saturated heterocycles. The molecule has 0 amide bonds. The van der Waals surface area contributed by atoms with Gasteiger partial charge in [-0.25, -0.2) is 0 Å². The number of hydrogen-bond donors (Lipinski definition) is 2. The molecule has 1 atom stereocenters. The number of aliphatic hydroxyl groups is 1. The highest BCUT2D eigenvalue weighted by molar-refractivity contribution is 5.69. The van der Waals surface area contributed by atoms with Crippen LogP contribution in [0, 0.1) is 5.92 Å². The number of aliphatic carboxylic acids is 1. The lowest BCUT2D eigenvalue weighted by Gasteiger charge is -2.04. The van der Waals surface area contributed by atoms with Crippen molar-refractivity contribution in [3.8, 4) is 0 Å². The minimum Gasteiger partial charge on any atom is -0.481 e. The summed E-state index contributed by atoms with van der Waals surface area (Å²) in [4.78, 5) is 10.4. The molecule has 0 aliphatic rings. The van der Waals surface area contributed by atoms with E-state index in [1.807, 2.05) is 0 Å². The largest absolute Gasteiger partial charge is 0.481 e. The highest BCUT2D eigenvalue weighted by Gasteiger charge is 2.08. The van der Waals surface area contributed by atoms with Gasteiger partial charge in [0.05, 0.1) is 5.92 Å². The summed E-state index contributed by atoms with van der Waals surface area (Å²) < 4.78 is 0. The van der Waals surface area contributed by atoms with Crippen LogP contribution in [0.25, 0.3) is 0 Å². The van der Waals surface area contributed by atoms with E-state index >= 15 is 0 Å². The number of unbranched alkanes of at least 4 members (excludes halogenated alkanes) is 3. The van der Waals surface area contributed by atoms with Crippen molar-refractivity contribution < 1.29 is 15.0 Å². The second-order valence-corrected chi connectivity index (χ2v) is 3.17. The Kier molecular flexibility index (Phi) is 6.76. The Morgan fingerprint density at radius 2 is 1.83 bits per heavy atom. The van der Waals surface area contributed by atoms with E-state index in [-0.39, 0.29) is 12.5 Å². The molecule has 3 nitrogen and oxygen atoms in total. The summed E-state index contributed by atoms with van der Waals surface area (Å²) >= 11 is 0. The van der Waals surface area contributed by atoms with E-state index in [9.17, 15) is 4.79 Å². The first-order valence-electron chi connectivity index (χ1n) is 4.52. The maximum Gasteiger partial charge on any atom is 0.306 e. The summed E-state index contributed by atoms with van der Waals surface area (Å²) in [6, 6.07) is 0. The van der Waals surface area contributed by atoms with Crippen LogP contribution < -0.4 is 0 Å². The number of carbonyl (C=O) groups is 1. The third-order valence-electron chi connectivity index (χ3n) is 1.97. The SMILES string of the molecule is CC(CCCCCCO)C(=O)O. The molecule has 0 rings (SSSR count). The molecule has 0 aliphatic heterocycles. The number of rotatable bonds is 7. The average molecular weight is 174 g/mol. The van der Waals surface area contributed by atoms with Gasteiger partial charge >= 0.3 is 5.97 Å². The maximum absolute atomic E-state index is 10.4. The smallest absolute Gasteiger partial charge is 0.306 e. The zero-order valence-electron chi connectivity index (χ0n) is 7.62.